The number of thiazole rings is 1. The van der Waals surface area contributed by atoms with Crippen LogP contribution in [0.4, 0.5) is 0 Å². The first-order chi connectivity index (χ1) is 15.6. The van der Waals surface area contributed by atoms with Crippen molar-refractivity contribution >= 4 is 28.9 Å². The lowest BCUT2D eigenvalue weighted by molar-refractivity contribution is -0.144. The molecule has 4 rings (SSSR count). The van der Waals surface area contributed by atoms with Crippen molar-refractivity contribution in [3.05, 3.63) is 70.4 Å². The van der Waals surface area contributed by atoms with Gasteiger partial charge in [0.05, 0.1) is 26.3 Å². The number of hydrogen-bond donors (Lipinski definition) is 0. The van der Waals surface area contributed by atoms with Gasteiger partial charge in [0.2, 0.25) is 0 Å². The largest absolute Gasteiger partial charge is 0.493 e. The minimum Gasteiger partial charge on any atom is -0.493 e. The average molecular weight is 471 g/mol. The molecule has 0 bridgehead atoms. The average Bonchev–Trinajstić information content (AvgIpc) is 3.47. The number of aromatic nitrogens is 2. The molecule has 0 aliphatic carbocycles. The number of hydrogen-bond acceptors (Lipinski definition) is 8. The second-order valence-corrected chi connectivity index (χ2v) is 8.03. The molecule has 2 aromatic carbocycles. The Hall–Kier alpha value is -3.36. The number of carbonyl (C=O) groups is 1. The maximum Gasteiger partial charge on any atom is 0.312 e. The number of halogens is 1. The third kappa shape index (κ3) is 5.09. The van der Waals surface area contributed by atoms with E-state index in [0.29, 0.717) is 33.7 Å². The quantitative estimate of drug-likeness (QED) is 0.318. The monoisotopic (exact) mass is 470 g/mol. The molecule has 0 amide bonds. The fourth-order valence-electron chi connectivity index (χ4n) is 2.98. The van der Waals surface area contributed by atoms with Gasteiger partial charge in [-0.3, -0.25) is 4.79 Å². The van der Waals surface area contributed by atoms with Crippen LogP contribution in [0.5, 0.6) is 11.5 Å². The molecule has 0 unspecified atom stereocenters. The van der Waals surface area contributed by atoms with E-state index in [1.54, 1.807) is 32.4 Å². The summed E-state index contributed by atoms with van der Waals surface area (Å²) in [6, 6.07) is 14.5. The standard InChI is InChI=1S/C23H19ClN2O5S/c1-28-20-8-5-15(9-21(20)29-2)23-25-17(13-32-23)10-22(27)30-12-18-11-19(26-31-18)14-3-6-16(24)7-4-14/h3-9,11,13H,10,12H2,1-2H3. The Morgan fingerprint density at radius 2 is 1.78 bits per heavy atom. The molecule has 0 spiro atoms. The molecule has 0 fully saturated rings. The van der Waals surface area contributed by atoms with Gasteiger partial charge in [-0.15, -0.1) is 11.3 Å². The van der Waals surface area contributed by atoms with E-state index >= 15 is 0 Å². The van der Waals surface area contributed by atoms with E-state index in [1.165, 1.54) is 11.3 Å². The van der Waals surface area contributed by atoms with Crippen LogP contribution in [0.25, 0.3) is 21.8 Å². The van der Waals surface area contributed by atoms with Crippen molar-refractivity contribution in [1.82, 2.24) is 10.1 Å². The van der Waals surface area contributed by atoms with Gasteiger partial charge in [0, 0.05) is 27.6 Å². The summed E-state index contributed by atoms with van der Waals surface area (Å²) in [5, 5.41) is 7.25. The molecule has 0 aliphatic heterocycles. The smallest absolute Gasteiger partial charge is 0.312 e. The summed E-state index contributed by atoms with van der Waals surface area (Å²) in [7, 11) is 3.17. The van der Waals surface area contributed by atoms with E-state index in [9.17, 15) is 4.79 Å². The maximum atomic E-state index is 12.3. The zero-order valence-corrected chi connectivity index (χ0v) is 18.9. The zero-order chi connectivity index (χ0) is 22.5. The fraction of sp³-hybridized carbons (Fsp3) is 0.174. The molecule has 32 heavy (non-hydrogen) atoms. The first-order valence-corrected chi connectivity index (χ1v) is 10.9. The van der Waals surface area contributed by atoms with Crippen molar-refractivity contribution < 1.29 is 23.5 Å². The number of methoxy groups -OCH3 is 2. The Labute approximate surface area is 193 Å². The molecule has 4 aromatic rings. The van der Waals surface area contributed by atoms with Crippen molar-refractivity contribution in [3.63, 3.8) is 0 Å². The number of carbonyl (C=O) groups excluding carboxylic acids is 1. The van der Waals surface area contributed by atoms with Crippen LogP contribution in [-0.4, -0.2) is 30.3 Å². The van der Waals surface area contributed by atoms with E-state index in [4.69, 9.17) is 30.3 Å². The highest BCUT2D eigenvalue weighted by Crippen LogP contribution is 2.33. The second kappa shape index (κ2) is 9.84. The highest BCUT2D eigenvalue weighted by atomic mass is 35.5. The maximum absolute atomic E-state index is 12.3. The van der Waals surface area contributed by atoms with Crippen LogP contribution in [0.15, 0.2) is 58.4 Å². The van der Waals surface area contributed by atoms with E-state index < -0.39 is 5.97 Å². The molecule has 0 atom stereocenters. The summed E-state index contributed by atoms with van der Waals surface area (Å²) in [5.41, 5.74) is 3.01. The molecule has 2 aromatic heterocycles. The Kier molecular flexibility index (Phi) is 6.72. The lowest BCUT2D eigenvalue weighted by Crippen LogP contribution is -2.08. The number of rotatable bonds is 8. The molecule has 7 nitrogen and oxygen atoms in total. The second-order valence-electron chi connectivity index (χ2n) is 6.74. The van der Waals surface area contributed by atoms with Crippen LogP contribution < -0.4 is 9.47 Å². The van der Waals surface area contributed by atoms with Crippen LogP contribution in [0.2, 0.25) is 5.02 Å². The molecule has 0 aliphatic rings. The summed E-state index contributed by atoms with van der Waals surface area (Å²) in [4.78, 5) is 16.8. The van der Waals surface area contributed by atoms with Crippen LogP contribution >= 0.6 is 22.9 Å². The highest BCUT2D eigenvalue weighted by molar-refractivity contribution is 7.13. The van der Waals surface area contributed by atoms with E-state index in [0.717, 1.165) is 16.1 Å². The number of esters is 1. The van der Waals surface area contributed by atoms with Gasteiger partial charge in [-0.2, -0.15) is 0 Å². The lowest BCUT2D eigenvalue weighted by atomic mass is 10.1. The highest BCUT2D eigenvalue weighted by Gasteiger charge is 2.14. The molecule has 0 saturated carbocycles. The molecule has 9 heteroatoms. The molecule has 0 N–H and O–H groups in total. The Morgan fingerprint density at radius 1 is 1.03 bits per heavy atom. The Bertz CT molecular complexity index is 1220. The molecule has 0 saturated heterocycles. The first kappa shape index (κ1) is 21.9. The predicted molar refractivity (Wildman–Crippen MR) is 121 cm³/mol. The minimum atomic E-state index is -0.404. The molecule has 2 heterocycles. The summed E-state index contributed by atoms with van der Waals surface area (Å²) < 4.78 is 21.2. The van der Waals surface area contributed by atoms with Crippen molar-refractivity contribution in [3.8, 4) is 33.3 Å². The van der Waals surface area contributed by atoms with Gasteiger partial charge in [-0.05, 0) is 30.3 Å². The van der Waals surface area contributed by atoms with Gasteiger partial charge >= 0.3 is 5.97 Å². The van der Waals surface area contributed by atoms with Crippen LogP contribution in [-0.2, 0) is 22.6 Å². The van der Waals surface area contributed by atoms with E-state index in [1.807, 2.05) is 35.7 Å². The van der Waals surface area contributed by atoms with Crippen molar-refractivity contribution in [2.45, 2.75) is 13.0 Å². The molecule has 0 radical (unpaired) electrons. The summed E-state index contributed by atoms with van der Waals surface area (Å²) in [6.45, 7) is -0.00784. The third-order valence-electron chi connectivity index (χ3n) is 4.58. The SMILES string of the molecule is COc1ccc(-c2nc(CC(=O)OCc3cc(-c4ccc(Cl)cc4)no3)cs2)cc1OC. The van der Waals surface area contributed by atoms with Gasteiger partial charge in [0.15, 0.2) is 23.9 Å². The van der Waals surface area contributed by atoms with Gasteiger partial charge < -0.3 is 18.7 Å². The van der Waals surface area contributed by atoms with Crippen molar-refractivity contribution in [2.24, 2.45) is 0 Å². The van der Waals surface area contributed by atoms with Crippen molar-refractivity contribution in [2.75, 3.05) is 14.2 Å². The van der Waals surface area contributed by atoms with Crippen LogP contribution in [0.3, 0.4) is 0 Å². The fourth-order valence-corrected chi connectivity index (χ4v) is 3.92. The minimum absolute atomic E-state index is 0.00784. The van der Waals surface area contributed by atoms with Crippen LogP contribution in [0, 0.1) is 0 Å². The molecular weight excluding hydrogens is 452 g/mol. The van der Waals surface area contributed by atoms with Gasteiger partial charge in [0.1, 0.15) is 10.7 Å². The number of nitrogens with zero attached hydrogens (tertiary/aromatic N) is 2. The molecular formula is C23H19ClN2O5S. The summed E-state index contributed by atoms with van der Waals surface area (Å²) in [5.74, 6) is 1.31. The Balaban J connectivity index is 1.34. The normalized spacial score (nSPS) is 10.7. The third-order valence-corrected chi connectivity index (χ3v) is 5.77. The lowest BCUT2D eigenvalue weighted by Gasteiger charge is -2.08. The molecule has 164 valence electrons. The topological polar surface area (TPSA) is 83.7 Å². The van der Waals surface area contributed by atoms with E-state index in [-0.39, 0.29) is 13.0 Å². The number of benzene rings is 2. The van der Waals surface area contributed by atoms with Gasteiger partial charge in [0.25, 0.3) is 0 Å². The van der Waals surface area contributed by atoms with Crippen molar-refractivity contribution in [1.29, 1.82) is 0 Å². The van der Waals surface area contributed by atoms with Gasteiger partial charge in [-0.25, -0.2) is 4.98 Å². The van der Waals surface area contributed by atoms with E-state index in [2.05, 4.69) is 10.1 Å². The van der Waals surface area contributed by atoms with Crippen LogP contribution in [0.1, 0.15) is 11.5 Å². The first-order valence-electron chi connectivity index (χ1n) is 9.59. The predicted octanol–water partition coefficient (Wildman–Crippen LogP) is 5.42. The van der Waals surface area contributed by atoms with Gasteiger partial charge in [-0.1, -0.05) is 28.9 Å². The summed E-state index contributed by atoms with van der Waals surface area (Å²) in [6.07, 6.45) is 0.0575. The zero-order valence-electron chi connectivity index (χ0n) is 17.3. The number of ether oxygens (including phenoxy) is 3. The summed E-state index contributed by atoms with van der Waals surface area (Å²) >= 11 is 7.34. The Morgan fingerprint density at radius 3 is 2.53 bits per heavy atom.